The van der Waals surface area contributed by atoms with Gasteiger partial charge in [-0.15, -0.1) is 0 Å². The van der Waals surface area contributed by atoms with Gasteiger partial charge < -0.3 is 10.3 Å². The fourth-order valence-electron chi connectivity index (χ4n) is 2.86. The highest BCUT2D eigenvalue weighted by molar-refractivity contribution is 5.61. The zero-order chi connectivity index (χ0) is 13.2. The van der Waals surface area contributed by atoms with Crippen LogP contribution in [-0.4, -0.2) is 5.16 Å². The Bertz CT molecular complexity index is 573. The van der Waals surface area contributed by atoms with Crippen LogP contribution >= 0.6 is 0 Å². The summed E-state index contributed by atoms with van der Waals surface area (Å²) in [6.45, 7) is 0. The predicted octanol–water partition coefficient (Wildman–Crippen LogP) is 4.11. The van der Waals surface area contributed by atoms with E-state index in [0.717, 1.165) is 18.4 Å². The SMILES string of the molecule is Nc1cc(-c2ccc(C3CCCCC3)c(F)c2)no1. The number of hydrogen-bond acceptors (Lipinski definition) is 3. The van der Waals surface area contributed by atoms with Gasteiger partial charge in [-0.05, 0) is 30.4 Å². The van der Waals surface area contributed by atoms with Gasteiger partial charge in [0.25, 0.3) is 0 Å². The molecule has 1 aromatic carbocycles. The van der Waals surface area contributed by atoms with Crippen molar-refractivity contribution in [3.8, 4) is 11.3 Å². The van der Waals surface area contributed by atoms with Crippen molar-refractivity contribution < 1.29 is 8.91 Å². The summed E-state index contributed by atoms with van der Waals surface area (Å²) in [5.41, 5.74) is 7.59. The standard InChI is InChI=1S/C15H17FN2O/c16-13-8-11(14-9-15(17)19-18-14)6-7-12(13)10-4-2-1-3-5-10/h6-10H,1-5,17H2. The quantitative estimate of drug-likeness (QED) is 0.884. The molecule has 19 heavy (non-hydrogen) atoms. The number of nitrogens with two attached hydrogens (primary N) is 1. The number of aromatic nitrogens is 1. The first-order valence-electron chi connectivity index (χ1n) is 6.76. The fourth-order valence-corrected chi connectivity index (χ4v) is 2.86. The summed E-state index contributed by atoms with van der Waals surface area (Å²) in [7, 11) is 0. The molecule has 2 N–H and O–H groups in total. The number of hydrogen-bond donors (Lipinski definition) is 1. The van der Waals surface area contributed by atoms with Crippen molar-refractivity contribution >= 4 is 5.88 Å². The zero-order valence-corrected chi connectivity index (χ0v) is 10.7. The van der Waals surface area contributed by atoms with Gasteiger partial charge >= 0.3 is 0 Å². The largest absolute Gasteiger partial charge is 0.368 e. The average Bonchev–Trinajstić information content (AvgIpc) is 2.86. The molecule has 0 saturated heterocycles. The Morgan fingerprint density at radius 3 is 2.58 bits per heavy atom. The van der Waals surface area contributed by atoms with E-state index in [1.165, 1.54) is 25.3 Å². The highest BCUT2D eigenvalue weighted by Crippen LogP contribution is 2.35. The number of rotatable bonds is 2. The van der Waals surface area contributed by atoms with Crippen LogP contribution in [0.3, 0.4) is 0 Å². The molecule has 1 fully saturated rings. The van der Waals surface area contributed by atoms with Crippen molar-refractivity contribution in [1.82, 2.24) is 5.16 Å². The van der Waals surface area contributed by atoms with Crippen molar-refractivity contribution in [3.63, 3.8) is 0 Å². The third-order valence-corrected chi connectivity index (χ3v) is 3.87. The lowest BCUT2D eigenvalue weighted by Crippen LogP contribution is -2.06. The van der Waals surface area contributed by atoms with E-state index < -0.39 is 0 Å². The zero-order valence-electron chi connectivity index (χ0n) is 10.7. The molecular weight excluding hydrogens is 243 g/mol. The molecule has 0 aliphatic heterocycles. The van der Waals surface area contributed by atoms with Gasteiger partial charge in [-0.3, -0.25) is 0 Å². The van der Waals surface area contributed by atoms with Crippen LogP contribution in [0.2, 0.25) is 0 Å². The van der Waals surface area contributed by atoms with Gasteiger partial charge in [-0.25, -0.2) is 4.39 Å². The first-order chi connectivity index (χ1) is 9.24. The molecule has 1 saturated carbocycles. The van der Waals surface area contributed by atoms with Gasteiger partial charge in [0.1, 0.15) is 11.5 Å². The molecule has 1 aromatic heterocycles. The maximum atomic E-state index is 14.2. The molecule has 0 unspecified atom stereocenters. The Morgan fingerprint density at radius 1 is 1.16 bits per heavy atom. The Hall–Kier alpha value is -1.84. The smallest absolute Gasteiger partial charge is 0.222 e. The summed E-state index contributed by atoms with van der Waals surface area (Å²) in [6.07, 6.45) is 5.85. The van der Waals surface area contributed by atoms with Gasteiger partial charge in [-0.2, -0.15) is 0 Å². The maximum Gasteiger partial charge on any atom is 0.222 e. The van der Waals surface area contributed by atoms with E-state index in [1.807, 2.05) is 12.1 Å². The van der Waals surface area contributed by atoms with Crippen molar-refractivity contribution in [2.45, 2.75) is 38.0 Å². The molecule has 0 radical (unpaired) electrons. The summed E-state index contributed by atoms with van der Waals surface area (Å²) in [6, 6.07) is 6.91. The van der Waals surface area contributed by atoms with Crippen LogP contribution in [0.25, 0.3) is 11.3 Å². The Morgan fingerprint density at radius 2 is 1.95 bits per heavy atom. The minimum atomic E-state index is -0.147. The van der Waals surface area contributed by atoms with Gasteiger partial charge in [0.15, 0.2) is 0 Å². The number of nitrogen functional groups attached to an aromatic ring is 1. The van der Waals surface area contributed by atoms with E-state index in [-0.39, 0.29) is 11.7 Å². The molecule has 0 spiro atoms. The third-order valence-electron chi connectivity index (χ3n) is 3.87. The normalized spacial score (nSPS) is 16.7. The molecule has 1 aliphatic rings. The molecule has 0 bridgehead atoms. The highest BCUT2D eigenvalue weighted by atomic mass is 19.1. The average molecular weight is 260 g/mol. The lowest BCUT2D eigenvalue weighted by molar-refractivity contribution is 0.429. The molecule has 3 nitrogen and oxygen atoms in total. The molecule has 1 heterocycles. The van der Waals surface area contributed by atoms with E-state index in [4.69, 9.17) is 10.3 Å². The molecular formula is C15H17FN2O. The van der Waals surface area contributed by atoms with Crippen molar-refractivity contribution in [2.75, 3.05) is 5.73 Å². The molecule has 1 aliphatic carbocycles. The van der Waals surface area contributed by atoms with Gasteiger partial charge in [-0.1, -0.05) is 36.6 Å². The van der Waals surface area contributed by atoms with Crippen molar-refractivity contribution in [1.29, 1.82) is 0 Å². The second kappa shape index (κ2) is 5.03. The van der Waals surface area contributed by atoms with E-state index in [0.29, 0.717) is 17.2 Å². The van der Waals surface area contributed by atoms with Crippen LogP contribution < -0.4 is 5.73 Å². The summed E-state index contributed by atoms with van der Waals surface area (Å²) in [5, 5.41) is 3.80. The lowest BCUT2D eigenvalue weighted by Gasteiger charge is -2.22. The first-order valence-corrected chi connectivity index (χ1v) is 6.76. The van der Waals surface area contributed by atoms with Crippen LogP contribution in [0.1, 0.15) is 43.6 Å². The van der Waals surface area contributed by atoms with E-state index >= 15 is 0 Å². The second-order valence-electron chi connectivity index (χ2n) is 5.19. The Balaban J connectivity index is 1.89. The Kier molecular flexibility index (Phi) is 3.23. The van der Waals surface area contributed by atoms with Gasteiger partial charge in [0.05, 0.1) is 0 Å². The summed E-state index contributed by atoms with van der Waals surface area (Å²) in [5.74, 6) is 0.461. The molecule has 3 rings (SSSR count). The van der Waals surface area contributed by atoms with Crippen LogP contribution in [0.15, 0.2) is 28.8 Å². The lowest BCUT2D eigenvalue weighted by atomic mass is 9.83. The number of halogens is 1. The van der Waals surface area contributed by atoms with Crippen LogP contribution in [0, 0.1) is 5.82 Å². The van der Waals surface area contributed by atoms with Gasteiger partial charge in [0, 0.05) is 11.6 Å². The van der Waals surface area contributed by atoms with E-state index in [1.54, 1.807) is 6.07 Å². The van der Waals surface area contributed by atoms with Crippen molar-refractivity contribution in [3.05, 3.63) is 35.6 Å². The first kappa shape index (κ1) is 12.2. The monoisotopic (exact) mass is 260 g/mol. The molecule has 100 valence electrons. The molecule has 0 amide bonds. The van der Waals surface area contributed by atoms with Gasteiger partial charge in [0.2, 0.25) is 5.88 Å². The van der Waals surface area contributed by atoms with E-state index in [9.17, 15) is 4.39 Å². The van der Waals surface area contributed by atoms with Crippen molar-refractivity contribution in [2.24, 2.45) is 0 Å². The van der Waals surface area contributed by atoms with E-state index in [2.05, 4.69) is 5.16 Å². The van der Waals surface area contributed by atoms with Crippen LogP contribution in [-0.2, 0) is 0 Å². The molecule has 4 heteroatoms. The topological polar surface area (TPSA) is 52.0 Å². The third kappa shape index (κ3) is 2.48. The summed E-state index contributed by atoms with van der Waals surface area (Å²) < 4.78 is 19.0. The highest BCUT2D eigenvalue weighted by Gasteiger charge is 2.19. The predicted molar refractivity (Wildman–Crippen MR) is 72.1 cm³/mol. The molecule has 0 atom stereocenters. The second-order valence-corrected chi connectivity index (χ2v) is 5.19. The number of benzene rings is 1. The summed E-state index contributed by atoms with van der Waals surface area (Å²) >= 11 is 0. The molecule has 2 aromatic rings. The number of anilines is 1. The Labute approximate surface area is 111 Å². The minimum Gasteiger partial charge on any atom is -0.368 e. The maximum absolute atomic E-state index is 14.2. The minimum absolute atomic E-state index is 0.147. The van der Waals surface area contributed by atoms with Crippen LogP contribution in [0.4, 0.5) is 10.3 Å². The fraction of sp³-hybridized carbons (Fsp3) is 0.400. The number of nitrogens with zero attached hydrogens (tertiary/aromatic N) is 1. The van der Waals surface area contributed by atoms with Crippen LogP contribution in [0.5, 0.6) is 0 Å². The summed E-state index contributed by atoms with van der Waals surface area (Å²) in [4.78, 5) is 0.